The SMILES string of the molecule is NNc1ccc(F)c(-c2nc(N)nc(N(c3cc(F)cc(F)c3)C3CCC(F)(F)CC3)n2)n1. The van der Waals surface area contributed by atoms with E-state index in [0.717, 1.165) is 18.2 Å². The van der Waals surface area contributed by atoms with E-state index in [-0.39, 0.29) is 47.8 Å². The number of rotatable bonds is 5. The maximum absolute atomic E-state index is 14.5. The van der Waals surface area contributed by atoms with Crippen LogP contribution in [0, 0.1) is 17.5 Å². The van der Waals surface area contributed by atoms with Gasteiger partial charge in [-0.25, -0.2) is 32.8 Å². The molecule has 1 fully saturated rings. The Morgan fingerprint density at radius 3 is 2.24 bits per heavy atom. The number of hydrogen-bond donors (Lipinski definition) is 3. The molecule has 1 saturated carbocycles. The van der Waals surface area contributed by atoms with Crippen LogP contribution in [0.15, 0.2) is 30.3 Å². The molecule has 174 valence electrons. The largest absolute Gasteiger partial charge is 0.368 e. The normalized spacial score (nSPS) is 15.9. The van der Waals surface area contributed by atoms with Crippen molar-refractivity contribution in [1.82, 2.24) is 19.9 Å². The molecule has 1 aliphatic carbocycles. The Labute approximate surface area is 184 Å². The Morgan fingerprint density at radius 2 is 1.61 bits per heavy atom. The molecule has 0 aliphatic heterocycles. The first-order valence-corrected chi connectivity index (χ1v) is 9.93. The first-order chi connectivity index (χ1) is 15.6. The predicted octanol–water partition coefficient (Wildman–Crippen LogP) is 3.93. The number of pyridine rings is 1. The molecule has 4 rings (SSSR count). The minimum Gasteiger partial charge on any atom is -0.368 e. The van der Waals surface area contributed by atoms with Crippen molar-refractivity contribution < 1.29 is 22.0 Å². The van der Waals surface area contributed by atoms with Gasteiger partial charge in [-0.05, 0) is 37.1 Å². The third-order valence-electron chi connectivity index (χ3n) is 5.24. The fraction of sp³-hybridized carbons (Fsp3) is 0.300. The van der Waals surface area contributed by atoms with E-state index in [0.29, 0.717) is 6.07 Å². The smallest absolute Gasteiger partial charge is 0.248 e. The van der Waals surface area contributed by atoms with Gasteiger partial charge in [-0.15, -0.1) is 0 Å². The van der Waals surface area contributed by atoms with E-state index in [1.807, 2.05) is 0 Å². The first kappa shape index (κ1) is 22.6. The van der Waals surface area contributed by atoms with E-state index in [9.17, 15) is 22.0 Å². The van der Waals surface area contributed by atoms with Crippen LogP contribution in [-0.2, 0) is 0 Å². The number of nitrogens with one attached hydrogen (secondary N) is 1. The summed E-state index contributed by atoms with van der Waals surface area (Å²) >= 11 is 0. The fourth-order valence-corrected chi connectivity index (χ4v) is 3.72. The monoisotopic (exact) mass is 466 g/mol. The van der Waals surface area contributed by atoms with E-state index in [4.69, 9.17) is 11.6 Å². The molecule has 8 nitrogen and oxygen atoms in total. The summed E-state index contributed by atoms with van der Waals surface area (Å²) in [4.78, 5) is 17.4. The molecule has 5 N–H and O–H groups in total. The lowest BCUT2D eigenvalue weighted by atomic mass is 9.91. The number of nitrogen functional groups attached to an aromatic ring is 2. The van der Waals surface area contributed by atoms with Crippen LogP contribution in [0.4, 0.5) is 45.4 Å². The molecule has 0 unspecified atom stereocenters. The molecular formula is C20H19F5N8. The summed E-state index contributed by atoms with van der Waals surface area (Å²) in [6.45, 7) is 0. The second-order valence-electron chi connectivity index (χ2n) is 7.57. The van der Waals surface area contributed by atoms with Crippen molar-refractivity contribution in [3.63, 3.8) is 0 Å². The quantitative estimate of drug-likeness (QED) is 0.294. The summed E-state index contributed by atoms with van der Waals surface area (Å²) in [5.41, 5.74) is 7.77. The molecular weight excluding hydrogens is 447 g/mol. The average Bonchev–Trinajstić information content (AvgIpc) is 2.74. The number of hydrazine groups is 1. The molecule has 2 heterocycles. The summed E-state index contributed by atoms with van der Waals surface area (Å²) in [5.74, 6) is -0.740. The Hall–Kier alpha value is -3.61. The summed E-state index contributed by atoms with van der Waals surface area (Å²) in [5, 5.41) is 0. The molecule has 0 amide bonds. The number of halogens is 5. The van der Waals surface area contributed by atoms with Crippen molar-refractivity contribution in [1.29, 1.82) is 0 Å². The highest BCUT2D eigenvalue weighted by molar-refractivity contribution is 5.63. The van der Waals surface area contributed by atoms with Gasteiger partial charge in [0.1, 0.15) is 23.1 Å². The van der Waals surface area contributed by atoms with Gasteiger partial charge in [-0.2, -0.15) is 15.0 Å². The predicted molar refractivity (Wildman–Crippen MR) is 111 cm³/mol. The van der Waals surface area contributed by atoms with Crippen molar-refractivity contribution >= 4 is 23.4 Å². The number of aromatic nitrogens is 4. The molecule has 0 saturated heterocycles. The maximum Gasteiger partial charge on any atom is 0.248 e. The van der Waals surface area contributed by atoms with Gasteiger partial charge in [0.15, 0.2) is 11.6 Å². The van der Waals surface area contributed by atoms with Crippen LogP contribution in [0.3, 0.4) is 0 Å². The van der Waals surface area contributed by atoms with Gasteiger partial charge >= 0.3 is 0 Å². The van der Waals surface area contributed by atoms with Gasteiger partial charge < -0.3 is 16.1 Å². The van der Waals surface area contributed by atoms with E-state index in [1.54, 1.807) is 0 Å². The zero-order valence-electron chi connectivity index (χ0n) is 17.1. The highest BCUT2D eigenvalue weighted by atomic mass is 19.3. The van der Waals surface area contributed by atoms with Crippen molar-refractivity contribution in [2.75, 3.05) is 16.1 Å². The van der Waals surface area contributed by atoms with Crippen LogP contribution in [0.5, 0.6) is 0 Å². The molecule has 0 radical (unpaired) electrons. The van der Waals surface area contributed by atoms with E-state index < -0.39 is 42.3 Å². The summed E-state index contributed by atoms with van der Waals surface area (Å²) in [6, 6.07) is 4.46. The number of hydrogen-bond acceptors (Lipinski definition) is 8. The average molecular weight is 466 g/mol. The third-order valence-corrected chi connectivity index (χ3v) is 5.24. The van der Waals surface area contributed by atoms with Crippen molar-refractivity contribution in [2.45, 2.75) is 37.6 Å². The van der Waals surface area contributed by atoms with E-state index in [1.165, 1.54) is 11.0 Å². The van der Waals surface area contributed by atoms with Gasteiger partial charge in [0.25, 0.3) is 0 Å². The Balaban J connectivity index is 1.84. The van der Waals surface area contributed by atoms with Crippen LogP contribution in [0.1, 0.15) is 25.7 Å². The molecule has 0 bridgehead atoms. The molecule has 0 spiro atoms. The van der Waals surface area contributed by atoms with E-state index >= 15 is 0 Å². The Kier molecular flexibility index (Phi) is 5.97. The highest BCUT2D eigenvalue weighted by Gasteiger charge is 2.38. The number of alkyl halides is 2. The maximum atomic E-state index is 14.5. The summed E-state index contributed by atoms with van der Waals surface area (Å²) in [7, 11) is 0. The molecule has 33 heavy (non-hydrogen) atoms. The fourth-order valence-electron chi connectivity index (χ4n) is 3.72. The van der Waals surface area contributed by atoms with Gasteiger partial charge in [-0.3, -0.25) is 0 Å². The van der Waals surface area contributed by atoms with Gasteiger partial charge in [0.05, 0.1) is 0 Å². The molecule has 1 aliphatic rings. The van der Waals surface area contributed by atoms with Crippen LogP contribution in [-0.4, -0.2) is 31.9 Å². The van der Waals surface area contributed by atoms with Crippen molar-refractivity contribution in [3.05, 3.63) is 47.8 Å². The topological polar surface area (TPSA) is 119 Å². The number of nitrogens with zero attached hydrogens (tertiary/aromatic N) is 5. The molecule has 1 aromatic carbocycles. The zero-order valence-corrected chi connectivity index (χ0v) is 17.1. The van der Waals surface area contributed by atoms with Crippen LogP contribution < -0.4 is 21.9 Å². The second-order valence-corrected chi connectivity index (χ2v) is 7.57. The lowest BCUT2D eigenvalue weighted by molar-refractivity contribution is -0.0375. The Morgan fingerprint density at radius 1 is 0.939 bits per heavy atom. The van der Waals surface area contributed by atoms with Crippen molar-refractivity contribution in [2.24, 2.45) is 5.84 Å². The molecule has 3 aromatic rings. The standard InChI is InChI=1S/C20H19F5N8/c21-10-7-11(22)9-13(8-10)33(12-3-5-20(24,25)6-4-12)19-30-17(29-18(26)31-19)16-14(23)1-2-15(28-16)32-27/h1-2,7-9,12H,3-6,27H2,(H,28,32)(H2,26,29,30,31). The van der Waals surface area contributed by atoms with Crippen LogP contribution in [0.2, 0.25) is 0 Å². The highest BCUT2D eigenvalue weighted by Crippen LogP contribution is 2.39. The molecule has 13 heteroatoms. The lowest BCUT2D eigenvalue weighted by Gasteiger charge is -2.37. The van der Waals surface area contributed by atoms with Crippen LogP contribution in [0.25, 0.3) is 11.5 Å². The number of nitrogens with two attached hydrogens (primary N) is 2. The van der Waals surface area contributed by atoms with Crippen LogP contribution >= 0.6 is 0 Å². The molecule has 2 aromatic heterocycles. The number of benzene rings is 1. The van der Waals surface area contributed by atoms with Crippen molar-refractivity contribution in [3.8, 4) is 11.5 Å². The minimum absolute atomic E-state index is 0.00869. The minimum atomic E-state index is -2.85. The first-order valence-electron chi connectivity index (χ1n) is 9.93. The molecule has 0 atom stereocenters. The zero-order chi connectivity index (χ0) is 23.8. The van der Waals surface area contributed by atoms with Gasteiger partial charge in [0.2, 0.25) is 17.8 Å². The third kappa shape index (κ3) is 4.92. The lowest BCUT2D eigenvalue weighted by Crippen LogP contribution is -2.39. The van der Waals surface area contributed by atoms with Gasteiger partial charge in [0, 0.05) is 30.6 Å². The second kappa shape index (κ2) is 8.73. The van der Waals surface area contributed by atoms with Gasteiger partial charge in [-0.1, -0.05) is 0 Å². The Bertz CT molecular complexity index is 1140. The number of anilines is 4. The van der Waals surface area contributed by atoms with E-state index in [2.05, 4.69) is 25.4 Å². The summed E-state index contributed by atoms with van der Waals surface area (Å²) in [6.07, 6.45) is -0.879. The summed E-state index contributed by atoms with van der Waals surface area (Å²) < 4.78 is 70.0.